The minimum absolute atomic E-state index is 0.405. The van der Waals surface area contributed by atoms with Crippen molar-refractivity contribution < 1.29 is 18.9 Å². The van der Waals surface area contributed by atoms with Gasteiger partial charge in [0.15, 0.2) is 0 Å². The van der Waals surface area contributed by atoms with Gasteiger partial charge >= 0.3 is 0 Å². The third-order valence-electron chi connectivity index (χ3n) is 6.30. The molecule has 0 atom stereocenters. The van der Waals surface area contributed by atoms with Gasteiger partial charge in [0.1, 0.15) is 36.2 Å². The van der Waals surface area contributed by atoms with Gasteiger partial charge in [-0.15, -0.1) is 0 Å². The molecule has 0 amide bonds. The SMILES string of the molecule is C=C1/C=C/CCOc2cccc3c(cccc23)OCC(=C)/C=C/CCOc2cccc3c(cccc23)OC1. The van der Waals surface area contributed by atoms with Gasteiger partial charge in [0.05, 0.1) is 13.2 Å². The lowest BCUT2D eigenvalue weighted by molar-refractivity contribution is 0.327. The van der Waals surface area contributed by atoms with Crippen molar-refractivity contribution in [2.24, 2.45) is 0 Å². The molecular weight excluding hydrogens is 472 g/mol. The fraction of sp³-hybridized carbons (Fsp3) is 0.176. The largest absolute Gasteiger partial charge is 0.493 e. The van der Waals surface area contributed by atoms with Crippen LogP contribution in [0.3, 0.4) is 0 Å². The van der Waals surface area contributed by atoms with Crippen molar-refractivity contribution in [3.63, 3.8) is 0 Å². The lowest BCUT2D eigenvalue weighted by Crippen LogP contribution is -2.01. The Kier molecular flexibility index (Phi) is 8.10. The first-order valence-corrected chi connectivity index (χ1v) is 12.9. The lowest BCUT2D eigenvalue weighted by atomic mass is 10.1. The third kappa shape index (κ3) is 6.09. The van der Waals surface area contributed by atoms with E-state index in [0.29, 0.717) is 26.4 Å². The van der Waals surface area contributed by atoms with E-state index in [1.54, 1.807) is 0 Å². The molecule has 4 nitrogen and oxygen atoms in total. The summed E-state index contributed by atoms with van der Waals surface area (Å²) < 4.78 is 24.5. The monoisotopic (exact) mass is 504 g/mol. The molecule has 4 aromatic rings. The molecule has 5 rings (SSSR count). The summed E-state index contributed by atoms with van der Waals surface area (Å²) in [7, 11) is 0. The van der Waals surface area contributed by atoms with Crippen LogP contribution in [0, 0.1) is 0 Å². The number of ether oxygens (including phenoxy) is 4. The molecule has 38 heavy (non-hydrogen) atoms. The van der Waals surface area contributed by atoms with Crippen LogP contribution in [-0.2, 0) is 0 Å². The van der Waals surface area contributed by atoms with Crippen LogP contribution in [0.4, 0.5) is 0 Å². The van der Waals surface area contributed by atoms with Gasteiger partial charge in [-0.2, -0.15) is 0 Å². The zero-order chi connectivity index (χ0) is 26.2. The van der Waals surface area contributed by atoms with E-state index in [1.165, 1.54) is 0 Å². The summed E-state index contributed by atoms with van der Waals surface area (Å²) in [6.45, 7) is 10.2. The van der Waals surface area contributed by atoms with Crippen LogP contribution < -0.4 is 18.9 Å². The molecule has 0 saturated heterocycles. The van der Waals surface area contributed by atoms with Crippen LogP contribution in [0.15, 0.2) is 121 Å². The Balaban J connectivity index is 1.37. The Bertz CT molecular complexity index is 1400. The van der Waals surface area contributed by atoms with Crippen LogP contribution in [0.25, 0.3) is 21.5 Å². The van der Waals surface area contributed by atoms with Gasteiger partial charge in [-0.3, -0.25) is 0 Å². The van der Waals surface area contributed by atoms with Crippen molar-refractivity contribution in [1.29, 1.82) is 0 Å². The predicted molar refractivity (Wildman–Crippen MR) is 156 cm³/mol. The van der Waals surface area contributed by atoms with E-state index in [4.69, 9.17) is 18.9 Å². The highest BCUT2D eigenvalue weighted by molar-refractivity contribution is 5.93. The van der Waals surface area contributed by atoms with E-state index in [9.17, 15) is 0 Å². The molecule has 0 spiro atoms. The van der Waals surface area contributed by atoms with Crippen molar-refractivity contribution in [3.8, 4) is 23.0 Å². The van der Waals surface area contributed by atoms with Gasteiger partial charge < -0.3 is 18.9 Å². The molecule has 4 aromatic carbocycles. The molecule has 1 aliphatic heterocycles. The second-order valence-corrected chi connectivity index (χ2v) is 9.19. The van der Waals surface area contributed by atoms with Crippen molar-refractivity contribution >= 4 is 21.5 Å². The van der Waals surface area contributed by atoms with Gasteiger partial charge in [0, 0.05) is 21.5 Å². The molecule has 0 radical (unpaired) electrons. The van der Waals surface area contributed by atoms with Crippen molar-refractivity contribution in [3.05, 3.63) is 121 Å². The van der Waals surface area contributed by atoms with Crippen molar-refractivity contribution in [1.82, 2.24) is 0 Å². The molecular formula is C34H32O4. The summed E-state index contributed by atoms with van der Waals surface area (Å²) in [5.41, 5.74) is 1.79. The minimum atomic E-state index is 0.405. The normalized spacial score (nSPS) is 17.2. The molecule has 0 unspecified atom stereocenters. The van der Waals surface area contributed by atoms with Crippen molar-refractivity contribution in [2.75, 3.05) is 26.4 Å². The average Bonchev–Trinajstić information content (AvgIpc) is 2.94. The summed E-state index contributed by atoms with van der Waals surface area (Å²) in [6.07, 6.45) is 9.64. The third-order valence-corrected chi connectivity index (χ3v) is 6.30. The standard InChI is InChI=1S/C34H32O4/c1-25-11-3-5-21-35-32-18-8-16-30-28(32)14-10-20-34(30)38-24-26(2)12-4-6-22-36-31-17-7-15-29-27(31)13-9-19-33(29)37-23-25/h3-4,7-20H,1-2,5-6,21-24H2/b11-3+,12-4+. The fourth-order valence-corrected chi connectivity index (χ4v) is 4.42. The van der Waals surface area contributed by atoms with E-state index in [1.807, 2.05) is 60.7 Å². The second kappa shape index (κ2) is 12.2. The Morgan fingerprint density at radius 3 is 1.16 bits per heavy atom. The molecule has 8 bridgehead atoms. The van der Waals surface area contributed by atoms with Gasteiger partial charge in [-0.1, -0.05) is 86.0 Å². The summed E-state index contributed by atoms with van der Waals surface area (Å²) in [5, 5.41) is 4.08. The first-order valence-electron chi connectivity index (χ1n) is 12.9. The molecule has 1 aliphatic rings. The maximum atomic E-state index is 6.13. The van der Waals surface area contributed by atoms with Gasteiger partial charge in [-0.25, -0.2) is 0 Å². The maximum absolute atomic E-state index is 6.13. The van der Waals surface area contributed by atoms with Crippen LogP contribution in [0.1, 0.15) is 12.8 Å². The first-order chi connectivity index (χ1) is 18.7. The summed E-state index contributed by atoms with van der Waals surface area (Å²) in [6, 6.07) is 24.1. The Morgan fingerprint density at radius 2 is 0.789 bits per heavy atom. The number of rotatable bonds is 0. The smallest absolute Gasteiger partial charge is 0.127 e. The fourth-order valence-electron chi connectivity index (χ4n) is 4.42. The topological polar surface area (TPSA) is 36.9 Å². The highest BCUT2D eigenvalue weighted by atomic mass is 16.5. The number of benzene rings is 4. The van der Waals surface area contributed by atoms with E-state index in [0.717, 1.165) is 68.5 Å². The molecule has 0 aliphatic carbocycles. The van der Waals surface area contributed by atoms with Gasteiger partial charge in [0.2, 0.25) is 0 Å². The van der Waals surface area contributed by atoms with E-state index in [2.05, 4.69) is 49.6 Å². The van der Waals surface area contributed by atoms with Gasteiger partial charge in [-0.05, 0) is 48.3 Å². The quantitative estimate of drug-likeness (QED) is 0.242. The van der Waals surface area contributed by atoms with E-state index < -0.39 is 0 Å². The Labute approximate surface area is 224 Å². The molecule has 1 heterocycles. The summed E-state index contributed by atoms with van der Waals surface area (Å²) in [4.78, 5) is 0. The summed E-state index contributed by atoms with van der Waals surface area (Å²) >= 11 is 0. The van der Waals surface area contributed by atoms with Crippen LogP contribution >= 0.6 is 0 Å². The number of hydrogen-bond donors (Lipinski definition) is 0. The predicted octanol–water partition coefficient (Wildman–Crippen LogP) is 8.23. The molecule has 0 N–H and O–H groups in total. The molecule has 4 heteroatoms. The lowest BCUT2D eigenvalue weighted by Gasteiger charge is -2.13. The van der Waals surface area contributed by atoms with Gasteiger partial charge in [0.25, 0.3) is 0 Å². The van der Waals surface area contributed by atoms with Crippen LogP contribution in [0.5, 0.6) is 23.0 Å². The van der Waals surface area contributed by atoms with Crippen molar-refractivity contribution in [2.45, 2.75) is 12.8 Å². The molecule has 0 aromatic heterocycles. The molecule has 0 fully saturated rings. The highest BCUT2D eigenvalue weighted by Gasteiger charge is 2.09. The minimum Gasteiger partial charge on any atom is -0.493 e. The zero-order valence-electron chi connectivity index (χ0n) is 21.5. The maximum Gasteiger partial charge on any atom is 0.127 e. The summed E-state index contributed by atoms with van der Waals surface area (Å²) in [5.74, 6) is 3.30. The van der Waals surface area contributed by atoms with E-state index >= 15 is 0 Å². The van der Waals surface area contributed by atoms with Crippen LogP contribution in [-0.4, -0.2) is 26.4 Å². The second-order valence-electron chi connectivity index (χ2n) is 9.19. The Hall–Kier alpha value is -4.44. The molecule has 0 saturated carbocycles. The van der Waals surface area contributed by atoms with E-state index in [-0.39, 0.29) is 0 Å². The number of hydrogen-bond acceptors (Lipinski definition) is 4. The average molecular weight is 505 g/mol. The highest BCUT2D eigenvalue weighted by Crippen LogP contribution is 2.34. The Morgan fingerprint density at radius 1 is 0.447 bits per heavy atom. The molecule has 192 valence electrons. The first kappa shape index (κ1) is 25.2. The zero-order valence-corrected chi connectivity index (χ0v) is 21.5. The van der Waals surface area contributed by atoms with Crippen LogP contribution in [0.2, 0.25) is 0 Å².